The van der Waals surface area contributed by atoms with Gasteiger partial charge < -0.3 is 29.2 Å². The van der Waals surface area contributed by atoms with Gasteiger partial charge in [0.2, 0.25) is 11.9 Å². The number of piperidine rings is 1. The van der Waals surface area contributed by atoms with Crippen LogP contribution in [0.4, 0.5) is 10.7 Å². The molecule has 1 aromatic heterocycles. The molecule has 2 amide bonds. The van der Waals surface area contributed by atoms with Gasteiger partial charge in [0.05, 0.1) is 11.2 Å². The number of ether oxygens (including phenoxy) is 1. The first-order valence-corrected chi connectivity index (χ1v) is 12.8. The lowest BCUT2D eigenvalue weighted by molar-refractivity contribution is -0.136. The minimum Gasteiger partial charge on any atom is -0.444 e. The standard InChI is InChI=1S/C25H42BN5O5/c1-17(29-22(33)34-23(2,3)4)20(32)31-13-11-10-12-19(31)16-30(9)21-27-14-18(15-28-21)26-35-24(5,6)25(7,8)36-26/h14-15,17,19H,10-13,16H2,1-9H3,(H,29,33)/t17-,19-/m1/s1. The largest absolute Gasteiger partial charge is 0.498 e. The van der Waals surface area contributed by atoms with Gasteiger partial charge in [0.25, 0.3) is 0 Å². The van der Waals surface area contributed by atoms with Gasteiger partial charge in [-0.3, -0.25) is 4.79 Å². The van der Waals surface area contributed by atoms with Crippen molar-refractivity contribution in [2.24, 2.45) is 0 Å². The monoisotopic (exact) mass is 503 g/mol. The van der Waals surface area contributed by atoms with Gasteiger partial charge in [-0.25, -0.2) is 14.8 Å². The van der Waals surface area contributed by atoms with Gasteiger partial charge in [-0.05, 0) is 74.7 Å². The lowest BCUT2D eigenvalue weighted by atomic mass is 9.81. The van der Waals surface area contributed by atoms with Crippen molar-refractivity contribution in [3.05, 3.63) is 12.4 Å². The van der Waals surface area contributed by atoms with Crippen molar-refractivity contribution in [3.63, 3.8) is 0 Å². The topological polar surface area (TPSA) is 106 Å². The van der Waals surface area contributed by atoms with E-state index < -0.39 is 36.1 Å². The zero-order valence-corrected chi connectivity index (χ0v) is 23.3. The van der Waals surface area contributed by atoms with Gasteiger partial charge in [0.15, 0.2) is 0 Å². The lowest BCUT2D eigenvalue weighted by Gasteiger charge is -2.39. The average molecular weight is 503 g/mol. The molecule has 2 atom stereocenters. The number of nitrogens with one attached hydrogen (secondary N) is 1. The molecule has 36 heavy (non-hydrogen) atoms. The highest BCUT2D eigenvalue weighted by molar-refractivity contribution is 6.61. The third kappa shape index (κ3) is 6.67. The van der Waals surface area contributed by atoms with Crippen molar-refractivity contribution < 1.29 is 23.6 Å². The van der Waals surface area contributed by atoms with Gasteiger partial charge >= 0.3 is 13.2 Å². The SMILES string of the molecule is C[C@@H](NC(=O)OC(C)(C)C)C(=O)N1CCCC[C@@H]1CN(C)c1ncc(B2OC(C)(C)C(C)(C)O2)cn1. The molecule has 0 saturated carbocycles. The molecule has 200 valence electrons. The lowest BCUT2D eigenvalue weighted by Crippen LogP contribution is -2.55. The summed E-state index contributed by atoms with van der Waals surface area (Å²) in [6, 6.07) is -0.688. The first-order valence-electron chi connectivity index (χ1n) is 12.8. The van der Waals surface area contributed by atoms with Crippen LogP contribution in [0.5, 0.6) is 0 Å². The van der Waals surface area contributed by atoms with Crippen LogP contribution in [0.2, 0.25) is 0 Å². The molecule has 10 nitrogen and oxygen atoms in total. The van der Waals surface area contributed by atoms with Crippen molar-refractivity contribution in [3.8, 4) is 0 Å². The van der Waals surface area contributed by atoms with Crippen LogP contribution in [-0.4, -0.2) is 83.0 Å². The summed E-state index contributed by atoms with van der Waals surface area (Å²) in [6.07, 6.45) is 5.73. The van der Waals surface area contributed by atoms with Crippen LogP contribution in [0.3, 0.4) is 0 Å². The van der Waals surface area contributed by atoms with Crippen molar-refractivity contribution in [2.75, 3.05) is 25.0 Å². The maximum absolute atomic E-state index is 13.2. The van der Waals surface area contributed by atoms with E-state index in [0.29, 0.717) is 19.0 Å². The van der Waals surface area contributed by atoms with Crippen molar-refractivity contribution >= 4 is 30.5 Å². The molecule has 0 radical (unpaired) electrons. The maximum atomic E-state index is 13.2. The van der Waals surface area contributed by atoms with Gasteiger partial charge in [0, 0.05) is 44.0 Å². The maximum Gasteiger partial charge on any atom is 0.498 e. The second kappa shape index (κ2) is 10.5. The van der Waals surface area contributed by atoms with E-state index in [1.165, 1.54) is 0 Å². The number of aromatic nitrogens is 2. The fourth-order valence-electron chi connectivity index (χ4n) is 4.30. The fourth-order valence-corrected chi connectivity index (χ4v) is 4.30. The molecule has 0 spiro atoms. The Morgan fingerprint density at radius 3 is 2.33 bits per heavy atom. The molecule has 3 heterocycles. The predicted octanol–water partition coefficient (Wildman–Crippen LogP) is 2.51. The van der Waals surface area contributed by atoms with E-state index in [2.05, 4.69) is 15.3 Å². The Balaban J connectivity index is 1.62. The summed E-state index contributed by atoms with van der Waals surface area (Å²) in [6.45, 7) is 16.3. The summed E-state index contributed by atoms with van der Waals surface area (Å²) in [5, 5.41) is 2.67. The molecule has 1 N–H and O–H groups in total. The summed E-state index contributed by atoms with van der Waals surface area (Å²) < 4.78 is 17.5. The Labute approximate surface area is 215 Å². The highest BCUT2D eigenvalue weighted by Crippen LogP contribution is 2.36. The minimum absolute atomic E-state index is 0.00879. The molecule has 1 aromatic rings. The van der Waals surface area contributed by atoms with Crippen LogP contribution in [0, 0.1) is 0 Å². The van der Waals surface area contributed by atoms with Gasteiger partial charge in [0.1, 0.15) is 11.6 Å². The van der Waals surface area contributed by atoms with E-state index in [0.717, 1.165) is 24.7 Å². The summed E-state index contributed by atoms with van der Waals surface area (Å²) in [4.78, 5) is 38.2. The van der Waals surface area contributed by atoms with Crippen LogP contribution in [0.15, 0.2) is 12.4 Å². The summed E-state index contributed by atoms with van der Waals surface area (Å²) in [5.74, 6) is 0.448. The third-order valence-electron chi connectivity index (χ3n) is 7.02. The molecular formula is C25H42BN5O5. The zero-order chi connectivity index (χ0) is 26.9. The second-order valence-corrected chi connectivity index (χ2v) is 11.8. The van der Waals surface area contributed by atoms with Crippen LogP contribution >= 0.6 is 0 Å². The van der Waals surface area contributed by atoms with Crippen LogP contribution < -0.4 is 15.7 Å². The number of likely N-dealkylation sites (N-methyl/N-ethyl adjacent to an activating group) is 1. The Bertz CT molecular complexity index is 918. The van der Waals surface area contributed by atoms with Gasteiger partial charge in [-0.15, -0.1) is 0 Å². The number of carbonyl (C=O) groups excluding carboxylic acids is 2. The molecule has 3 rings (SSSR count). The van der Waals surface area contributed by atoms with E-state index >= 15 is 0 Å². The Morgan fingerprint density at radius 2 is 1.78 bits per heavy atom. The van der Waals surface area contributed by atoms with Crippen molar-refractivity contribution in [2.45, 2.75) is 104 Å². The number of carbonyl (C=O) groups is 2. The number of hydrogen-bond donors (Lipinski definition) is 1. The number of anilines is 1. The molecule has 2 saturated heterocycles. The van der Waals surface area contributed by atoms with Gasteiger partial charge in [-0.2, -0.15) is 0 Å². The number of hydrogen-bond acceptors (Lipinski definition) is 8. The van der Waals surface area contributed by atoms with Crippen LogP contribution in [0.25, 0.3) is 0 Å². The van der Waals surface area contributed by atoms with E-state index in [1.54, 1.807) is 40.1 Å². The third-order valence-corrected chi connectivity index (χ3v) is 7.02. The summed E-state index contributed by atoms with van der Waals surface area (Å²) in [5.41, 5.74) is -0.720. The first-order chi connectivity index (χ1) is 16.6. The van der Waals surface area contributed by atoms with Crippen LogP contribution in [-0.2, 0) is 18.8 Å². The number of alkyl carbamates (subject to hydrolysis) is 1. The molecule has 11 heteroatoms. The Hall–Kier alpha value is -2.40. The Kier molecular flexibility index (Phi) is 8.25. The highest BCUT2D eigenvalue weighted by atomic mass is 16.7. The second-order valence-electron chi connectivity index (χ2n) is 11.8. The molecule has 2 aliphatic heterocycles. The molecule has 2 aliphatic rings. The number of nitrogens with zero attached hydrogens (tertiary/aromatic N) is 4. The van der Waals surface area contributed by atoms with E-state index in [1.807, 2.05) is 44.5 Å². The molecule has 0 unspecified atom stereocenters. The van der Waals surface area contributed by atoms with E-state index in [4.69, 9.17) is 14.0 Å². The van der Waals surface area contributed by atoms with Gasteiger partial charge in [-0.1, -0.05) is 0 Å². The molecule has 0 aromatic carbocycles. The average Bonchev–Trinajstić information content (AvgIpc) is 2.99. The molecule has 0 bridgehead atoms. The summed E-state index contributed by atoms with van der Waals surface area (Å²) in [7, 11) is 1.41. The summed E-state index contributed by atoms with van der Waals surface area (Å²) >= 11 is 0. The first kappa shape index (κ1) is 28.2. The number of amides is 2. The predicted molar refractivity (Wildman–Crippen MR) is 139 cm³/mol. The van der Waals surface area contributed by atoms with E-state index in [9.17, 15) is 9.59 Å². The smallest absolute Gasteiger partial charge is 0.444 e. The normalized spacial score (nSPS) is 22.2. The highest BCUT2D eigenvalue weighted by Gasteiger charge is 2.52. The Morgan fingerprint density at radius 1 is 1.19 bits per heavy atom. The number of rotatable bonds is 6. The van der Waals surface area contributed by atoms with E-state index in [-0.39, 0.29) is 11.9 Å². The van der Waals surface area contributed by atoms with Crippen molar-refractivity contribution in [1.82, 2.24) is 20.2 Å². The molecule has 2 fully saturated rings. The molecular weight excluding hydrogens is 461 g/mol. The minimum atomic E-state index is -0.679. The zero-order valence-electron chi connectivity index (χ0n) is 23.3. The number of likely N-dealkylation sites (tertiary alicyclic amines) is 1. The van der Waals surface area contributed by atoms with Crippen LogP contribution in [0.1, 0.15) is 74.7 Å². The van der Waals surface area contributed by atoms with Crippen molar-refractivity contribution in [1.29, 1.82) is 0 Å². The quantitative estimate of drug-likeness (QED) is 0.591. The molecule has 0 aliphatic carbocycles. The fraction of sp³-hybridized carbons (Fsp3) is 0.760.